The van der Waals surface area contributed by atoms with Crippen molar-refractivity contribution in [2.75, 3.05) is 0 Å². The first-order valence-corrected chi connectivity index (χ1v) is 5.94. The number of nitrogens with zero attached hydrogens (tertiary/aromatic N) is 1. The number of carbonyl (C=O) groups is 1. The van der Waals surface area contributed by atoms with Crippen LogP contribution >= 0.6 is 0 Å². The lowest BCUT2D eigenvalue weighted by Gasteiger charge is -2.05. The van der Waals surface area contributed by atoms with Crippen LogP contribution in [-0.4, -0.2) is 15.6 Å². The summed E-state index contributed by atoms with van der Waals surface area (Å²) >= 11 is 0. The Labute approximate surface area is 101 Å². The minimum atomic E-state index is -0.860. The van der Waals surface area contributed by atoms with E-state index < -0.39 is 5.97 Å². The molecule has 0 fully saturated rings. The van der Waals surface area contributed by atoms with E-state index in [9.17, 15) is 4.79 Å². The highest BCUT2D eigenvalue weighted by atomic mass is 16.4. The van der Waals surface area contributed by atoms with Crippen molar-refractivity contribution in [2.24, 2.45) is 0 Å². The summed E-state index contributed by atoms with van der Waals surface area (Å²) in [6.07, 6.45) is 3.05. The third kappa shape index (κ3) is 1.82. The van der Waals surface area contributed by atoms with Crippen LogP contribution in [0.25, 0.3) is 10.9 Å². The highest BCUT2D eigenvalue weighted by Gasteiger charge is 2.13. The first kappa shape index (κ1) is 11.7. The lowest BCUT2D eigenvalue weighted by molar-refractivity contribution is 0.0697. The number of carboxylic acid groups (broad SMARTS) is 1. The van der Waals surface area contributed by atoms with Gasteiger partial charge in [-0.2, -0.15) is 0 Å². The second-order valence-corrected chi connectivity index (χ2v) is 4.29. The number of aromatic carboxylic acids is 1. The van der Waals surface area contributed by atoms with E-state index in [1.807, 2.05) is 6.92 Å². The number of fused-ring (bicyclic) bond motifs is 1. The largest absolute Gasteiger partial charge is 0.478 e. The minimum Gasteiger partial charge on any atom is -0.478 e. The molecule has 0 atom stereocenters. The topological polar surface area (TPSA) is 42.2 Å². The quantitative estimate of drug-likeness (QED) is 0.881. The van der Waals surface area contributed by atoms with E-state index in [1.54, 1.807) is 12.1 Å². The molecule has 0 saturated carbocycles. The highest BCUT2D eigenvalue weighted by Crippen LogP contribution is 2.26. The summed E-state index contributed by atoms with van der Waals surface area (Å²) < 4.78 is 2.19. The maximum Gasteiger partial charge on any atom is 0.335 e. The molecule has 1 N–H and O–H groups in total. The van der Waals surface area contributed by atoms with E-state index in [2.05, 4.69) is 24.6 Å². The Morgan fingerprint density at radius 2 is 2.06 bits per heavy atom. The summed E-state index contributed by atoms with van der Waals surface area (Å²) in [5.41, 5.74) is 3.78. The van der Waals surface area contributed by atoms with Gasteiger partial charge in [-0.1, -0.05) is 6.92 Å². The van der Waals surface area contributed by atoms with Crippen LogP contribution in [0.2, 0.25) is 0 Å². The maximum atomic E-state index is 11.1. The van der Waals surface area contributed by atoms with Crippen LogP contribution < -0.4 is 0 Å². The van der Waals surface area contributed by atoms with Crippen molar-refractivity contribution >= 4 is 16.9 Å². The second-order valence-electron chi connectivity index (χ2n) is 4.29. The summed E-state index contributed by atoms with van der Waals surface area (Å²) in [7, 11) is 0. The van der Waals surface area contributed by atoms with Crippen molar-refractivity contribution in [3.63, 3.8) is 0 Å². The van der Waals surface area contributed by atoms with Crippen LogP contribution in [0, 0.1) is 6.92 Å². The lowest BCUT2D eigenvalue weighted by atomic mass is 10.0. The van der Waals surface area contributed by atoms with Crippen molar-refractivity contribution in [2.45, 2.75) is 33.7 Å². The first-order valence-electron chi connectivity index (χ1n) is 5.94. The average molecular weight is 231 g/mol. The molecule has 0 aliphatic carbocycles. The predicted octanol–water partition coefficient (Wildman–Crippen LogP) is 3.23. The van der Waals surface area contributed by atoms with Gasteiger partial charge in [-0.15, -0.1) is 0 Å². The van der Waals surface area contributed by atoms with Crippen LogP contribution in [0.5, 0.6) is 0 Å². The fraction of sp³-hybridized carbons (Fsp3) is 0.357. The predicted molar refractivity (Wildman–Crippen MR) is 68.7 cm³/mol. The van der Waals surface area contributed by atoms with Gasteiger partial charge in [0.15, 0.2) is 0 Å². The molecule has 0 aliphatic heterocycles. The van der Waals surface area contributed by atoms with Crippen LogP contribution in [0.1, 0.15) is 35.3 Å². The minimum absolute atomic E-state index is 0.374. The van der Waals surface area contributed by atoms with Crippen molar-refractivity contribution < 1.29 is 9.90 Å². The molecule has 2 rings (SSSR count). The highest BCUT2D eigenvalue weighted by molar-refractivity contribution is 5.96. The smallest absolute Gasteiger partial charge is 0.335 e. The second kappa shape index (κ2) is 4.24. The summed E-state index contributed by atoms with van der Waals surface area (Å²) in [4.78, 5) is 11.1. The average Bonchev–Trinajstić information content (AvgIpc) is 2.67. The van der Waals surface area contributed by atoms with E-state index in [0.717, 1.165) is 29.4 Å². The normalized spacial score (nSPS) is 11.0. The molecule has 0 unspecified atom stereocenters. The van der Waals surface area contributed by atoms with Gasteiger partial charge < -0.3 is 9.67 Å². The molecule has 3 nitrogen and oxygen atoms in total. The number of benzene rings is 1. The molecule has 2 aromatic rings. The SMILES string of the molecule is CCc1cn(CC)c2c(C)cc(C(=O)O)cc12. The van der Waals surface area contributed by atoms with Gasteiger partial charge in [-0.05, 0) is 43.5 Å². The van der Waals surface area contributed by atoms with Crippen molar-refractivity contribution in [1.82, 2.24) is 4.57 Å². The van der Waals surface area contributed by atoms with Crippen LogP contribution in [0.3, 0.4) is 0 Å². The number of aryl methyl sites for hydroxylation is 3. The molecule has 3 heteroatoms. The molecule has 17 heavy (non-hydrogen) atoms. The van der Waals surface area contributed by atoms with E-state index in [4.69, 9.17) is 5.11 Å². The fourth-order valence-corrected chi connectivity index (χ4v) is 2.38. The van der Waals surface area contributed by atoms with Gasteiger partial charge >= 0.3 is 5.97 Å². The standard InChI is InChI=1S/C14H17NO2/c1-4-10-8-15(5-2)13-9(3)6-11(14(16)17)7-12(10)13/h6-8H,4-5H2,1-3H3,(H,16,17). The summed E-state index contributed by atoms with van der Waals surface area (Å²) in [5.74, 6) is -0.860. The number of rotatable bonds is 3. The zero-order valence-electron chi connectivity index (χ0n) is 10.4. The molecular weight excluding hydrogens is 214 g/mol. The monoisotopic (exact) mass is 231 g/mol. The lowest BCUT2D eigenvalue weighted by Crippen LogP contribution is -1.99. The molecule has 0 radical (unpaired) electrons. The third-order valence-electron chi connectivity index (χ3n) is 3.21. The Bertz CT molecular complexity index is 581. The molecule has 0 saturated heterocycles. The number of aromatic nitrogens is 1. The van der Waals surface area contributed by atoms with Crippen molar-refractivity contribution in [3.8, 4) is 0 Å². The van der Waals surface area contributed by atoms with Crippen molar-refractivity contribution in [3.05, 3.63) is 35.0 Å². The summed E-state index contributed by atoms with van der Waals surface area (Å²) in [6, 6.07) is 3.53. The molecule has 0 aliphatic rings. The van der Waals surface area contributed by atoms with Crippen LogP contribution in [0.15, 0.2) is 18.3 Å². The van der Waals surface area contributed by atoms with Gasteiger partial charge in [0, 0.05) is 18.1 Å². The van der Waals surface area contributed by atoms with Crippen LogP contribution in [0.4, 0.5) is 0 Å². The van der Waals surface area contributed by atoms with Gasteiger partial charge in [0.25, 0.3) is 0 Å². The Balaban J connectivity index is 2.82. The Kier molecular flexibility index (Phi) is 2.92. The Morgan fingerprint density at radius 3 is 2.59 bits per heavy atom. The fourth-order valence-electron chi connectivity index (χ4n) is 2.38. The number of hydrogen-bond donors (Lipinski definition) is 1. The molecule has 1 heterocycles. The van der Waals surface area contributed by atoms with Gasteiger partial charge in [0.1, 0.15) is 0 Å². The molecule has 0 bridgehead atoms. The molecule has 0 amide bonds. The zero-order valence-corrected chi connectivity index (χ0v) is 10.4. The summed E-state index contributed by atoms with van der Waals surface area (Å²) in [6.45, 7) is 7.07. The number of hydrogen-bond acceptors (Lipinski definition) is 1. The van der Waals surface area contributed by atoms with Crippen molar-refractivity contribution in [1.29, 1.82) is 0 Å². The van der Waals surface area contributed by atoms with E-state index >= 15 is 0 Å². The van der Waals surface area contributed by atoms with Crippen LogP contribution in [-0.2, 0) is 13.0 Å². The summed E-state index contributed by atoms with van der Waals surface area (Å²) in [5, 5.41) is 10.2. The molecule has 90 valence electrons. The van der Waals surface area contributed by atoms with E-state index in [1.165, 1.54) is 5.56 Å². The van der Waals surface area contributed by atoms with Gasteiger partial charge in [0.2, 0.25) is 0 Å². The Hall–Kier alpha value is -1.77. The Morgan fingerprint density at radius 1 is 1.35 bits per heavy atom. The number of carboxylic acids is 1. The molecule has 1 aromatic heterocycles. The third-order valence-corrected chi connectivity index (χ3v) is 3.21. The van der Waals surface area contributed by atoms with Gasteiger partial charge in [-0.3, -0.25) is 0 Å². The van der Waals surface area contributed by atoms with E-state index in [-0.39, 0.29) is 0 Å². The molecular formula is C14H17NO2. The molecule has 1 aromatic carbocycles. The molecule has 0 spiro atoms. The maximum absolute atomic E-state index is 11.1. The first-order chi connectivity index (χ1) is 8.08. The zero-order chi connectivity index (χ0) is 12.6. The van der Waals surface area contributed by atoms with Gasteiger partial charge in [0.05, 0.1) is 11.1 Å². The van der Waals surface area contributed by atoms with Gasteiger partial charge in [-0.25, -0.2) is 4.79 Å². The van der Waals surface area contributed by atoms with E-state index in [0.29, 0.717) is 5.56 Å².